The summed E-state index contributed by atoms with van der Waals surface area (Å²) in [5.74, 6) is 0.462. The average molecular weight is 322 g/mol. The molecule has 0 spiro atoms. The lowest BCUT2D eigenvalue weighted by Gasteiger charge is -2.07. The number of carbonyl (C=O) groups is 1. The summed E-state index contributed by atoms with van der Waals surface area (Å²) in [7, 11) is 0. The van der Waals surface area contributed by atoms with E-state index in [2.05, 4.69) is 20.3 Å². The van der Waals surface area contributed by atoms with Crippen LogP contribution in [0.5, 0.6) is 0 Å². The molecule has 0 atom stereocenters. The number of ether oxygens (including phenoxy) is 1. The number of carbonyl (C=O) groups excluding carboxylic acids is 1. The fourth-order valence-electron chi connectivity index (χ4n) is 3.09. The summed E-state index contributed by atoms with van der Waals surface area (Å²) in [6.07, 6.45) is 1.77. The Morgan fingerprint density at radius 3 is 2.96 bits per heavy atom. The van der Waals surface area contributed by atoms with Gasteiger partial charge in [0.1, 0.15) is 17.8 Å². The summed E-state index contributed by atoms with van der Waals surface area (Å²) in [6, 6.07) is 6.06. The number of nitrogens with zero attached hydrogens (tertiary/aromatic N) is 2. The van der Waals surface area contributed by atoms with Crippen LogP contribution >= 0.6 is 0 Å². The van der Waals surface area contributed by atoms with E-state index in [1.165, 1.54) is 17.5 Å². The first-order chi connectivity index (χ1) is 11.6. The molecule has 4 rings (SSSR count). The van der Waals surface area contributed by atoms with Gasteiger partial charge < -0.3 is 15.0 Å². The Morgan fingerprint density at radius 2 is 2.08 bits per heavy atom. The summed E-state index contributed by atoms with van der Waals surface area (Å²) >= 11 is 0. The number of benzene rings is 1. The molecule has 24 heavy (non-hydrogen) atoms. The third-order valence-corrected chi connectivity index (χ3v) is 4.50. The normalized spacial score (nSPS) is 13.2. The molecule has 0 unspecified atom stereocenters. The molecule has 3 heterocycles. The molecule has 0 aliphatic carbocycles. The Kier molecular flexibility index (Phi) is 3.54. The fourth-order valence-corrected chi connectivity index (χ4v) is 3.09. The Labute approximate surface area is 139 Å². The van der Waals surface area contributed by atoms with Crippen molar-refractivity contribution in [2.45, 2.75) is 33.5 Å². The van der Waals surface area contributed by atoms with E-state index in [9.17, 15) is 4.79 Å². The van der Waals surface area contributed by atoms with E-state index in [-0.39, 0.29) is 5.91 Å². The first-order valence-corrected chi connectivity index (χ1v) is 7.90. The predicted octanol–water partition coefficient (Wildman–Crippen LogP) is 2.79. The minimum Gasteiger partial charge on any atom is -0.372 e. The Hall–Kier alpha value is -2.73. The summed E-state index contributed by atoms with van der Waals surface area (Å²) in [4.78, 5) is 24.1. The molecule has 1 aromatic carbocycles. The fraction of sp³-hybridized carbons (Fsp3) is 0.278. The van der Waals surface area contributed by atoms with Crippen molar-refractivity contribution in [3.63, 3.8) is 0 Å². The van der Waals surface area contributed by atoms with Crippen molar-refractivity contribution in [3.05, 3.63) is 52.5 Å². The highest BCUT2D eigenvalue weighted by Crippen LogP contribution is 2.26. The quantitative estimate of drug-likeness (QED) is 0.777. The van der Waals surface area contributed by atoms with Gasteiger partial charge in [-0.05, 0) is 36.1 Å². The highest BCUT2D eigenvalue weighted by atomic mass is 16.5. The number of nitrogens with one attached hydrogen (secondary N) is 2. The molecule has 2 N–H and O–H groups in total. The zero-order chi connectivity index (χ0) is 16.7. The minimum absolute atomic E-state index is 0.0906. The van der Waals surface area contributed by atoms with Crippen molar-refractivity contribution < 1.29 is 9.53 Å². The van der Waals surface area contributed by atoms with Crippen molar-refractivity contribution in [1.29, 1.82) is 0 Å². The molecular weight excluding hydrogens is 304 g/mol. The van der Waals surface area contributed by atoms with Gasteiger partial charge in [-0.25, -0.2) is 9.97 Å². The van der Waals surface area contributed by atoms with Crippen molar-refractivity contribution in [1.82, 2.24) is 15.0 Å². The van der Waals surface area contributed by atoms with Crippen LogP contribution < -0.4 is 5.32 Å². The van der Waals surface area contributed by atoms with Gasteiger partial charge in [0.05, 0.1) is 25.0 Å². The number of amides is 1. The number of aryl methyl sites for hydroxylation is 2. The molecule has 122 valence electrons. The van der Waals surface area contributed by atoms with E-state index in [1.807, 2.05) is 32.0 Å². The SMILES string of the molecule is Cc1[nH]c2ncnc(NC(=O)Cc3ccc4c(c3)COC4)c2c1C. The van der Waals surface area contributed by atoms with E-state index < -0.39 is 0 Å². The number of H-pyrrole nitrogens is 1. The van der Waals surface area contributed by atoms with Gasteiger partial charge >= 0.3 is 0 Å². The van der Waals surface area contributed by atoms with Crippen LogP contribution in [0.25, 0.3) is 11.0 Å². The number of hydrogen-bond acceptors (Lipinski definition) is 4. The zero-order valence-corrected chi connectivity index (χ0v) is 13.6. The summed E-state index contributed by atoms with van der Waals surface area (Å²) in [6.45, 7) is 5.26. The maximum atomic E-state index is 12.4. The number of rotatable bonds is 3. The molecule has 1 aliphatic heterocycles. The molecule has 6 heteroatoms. The van der Waals surface area contributed by atoms with Gasteiger partial charge in [-0.3, -0.25) is 4.79 Å². The number of aromatic amines is 1. The number of aromatic nitrogens is 3. The van der Waals surface area contributed by atoms with E-state index in [4.69, 9.17) is 4.74 Å². The first-order valence-electron chi connectivity index (χ1n) is 7.90. The second-order valence-electron chi connectivity index (χ2n) is 6.14. The molecule has 0 radical (unpaired) electrons. The Morgan fingerprint density at radius 1 is 1.25 bits per heavy atom. The van der Waals surface area contributed by atoms with Gasteiger partial charge in [-0.15, -0.1) is 0 Å². The maximum absolute atomic E-state index is 12.4. The highest BCUT2D eigenvalue weighted by molar-refractivity contribution is 6.00. The van der Waals surface area contributed by atoms with Crippen LogP contribution in [0.1, 0.15) is 27.9 Å². The lowest BCUT2D eigenvalue weighted by atomic mass is 10.0. The molecule has 0 saturated carbocycles. The molecule has 3 aromatic rings. The third-order valence-electron chi connectivity index (χ3n) is 4.50. The lowest BCUT2D eigenvalue weighted by molar-refractivity contribution is -0.115. The molecule has 0 fully saturated rings. The Balaban J connectivity index is 1.56. The van der Waals surface area contributed by atoms with Gasteiger partial charge in [0.15, 0.2) is 0 Å². The van der Waals surface area contributed by atoms with Crippen molar-refractivity contribution in [2.24, 2.45) is 0 Å². The van der Waals surface area contributed by atoms with Crippen LogP contribution in [0.2, 0.25) is 0 Å². The van der Waals surface area contributed by atoms with Crippen LogP contribution in [0.15, 0.2) is 24.5 Å². The molecule has 0 bridgehead atoms. The standard InChI is InChI=1S/C18H18N4O2/c1-10-11(2)21-17-16(10)18(20-9-19-17)22-15(23)6-12-3-4-13-7-24-8-14(13)5-12/h3-5,9H,6-8H2,1-2H3,(H2,19,20,21,22,23). The van der Waals surface area contributed by atoms with Crippen LogP contribution in [0.4, 0.5) is 5.82 Å². The number of hydrogen-bond donors (Lipinski definition) is 2. The Bertz CT molecular complexity index is 946. The van der Waals surface area contributed by atoms with Crippen molar-refractivity contribution in [2.75, 3.05) is 5.32 Å². The van der Waals surface area contributed by atoms with Crippen LogP contribution in [0.3, 0.4) is 0 Å². The highest BCUT2D eigenvalue weighted by Gasteiger charge is 2.15. The molecule has 1 amide bonds. The van der Waals surface area contributed by atoms with Crippen molar-refractivity contribution in [3.8, 4) is 0 Å². The summed E-state index contributed by atoms with van der Waals surface area (Å²) < 4.78 is 5.41. The van der Waals surface area contributed by atoms with E-state index in [1.54, 1.807) is 0 Å². The lowest BCUT2D eigenvalue weighted by Crippen LogP contribution is -2.16. The first kappa shape index (κ1) is 14.8. The molecule has 6 nitrogen and oxygen atoms in total. The minimum atomic E-state index is -0.0906. The van der Waals surface area contributed by atoms with Gasteiger partial charge in [-0.1, -0.05) is 18.2 Å². The van der Waals surface area contributed by atoms with Gasteiger partial charge in [0.2, 0.25) is 5.91 Å². The summed E-state index contributed by atoms with van der Waals surface area (Å²) in [5, 5.41) is 3.78. The van der Waals surface area contributed by atoms with E-state index in [0.717, 1.165) is 27.9 Å². The van der Waals surface area contributed by atoms with Crippen LogP contribution in [-0.4, -0.2) is 20.9 Å². The summed E-state index contributed by atoms with van der Waals surface area (Å²) in [5.41, 5.74) is 6.17. The molecule has 0 saturated heterocycles. The van der Waals surface area contributed by atoms with Gasteiger partial charge in [0, 0.05) is 5.69 Å². The smallest absolute Gasteiger partial charge is 0.229 e. The van der Waals surface area contributed by atoms with E-state index in [0.29, 0.717) is 25.5 Å². The van der Waals surface area contributed by atoms with E-state index >= 15 is 0 Å². The van der Waals surface area contributed by atoms with Crippen LogP contribution in [0, 0.1) is 13.8 Å². The third kappa shape index (κ3) is 2.55. The monoisotopic (exact) mass is 322 g/mol. The van der Waals surface area contributed by atoms with Crippen LogP contribution in [-0.2, 0) is 29.2 Å². The largest absolute Gasteiger partial charge is 0.372 e. The maximum Gasteiger partial charge on any atom is 0.229 e. The number of fused-ring (bicyclic) bond motifs is 2. The zero-order valence-electron chi connectivity index (χ0n) is 13.6. The molecule has 2 aromatic heterocycles. The number of anilines is 1. The topological polar surface area (TPSA) is 79.9 Å². The molecule has 1 aliphatic rings. The molecular formula is C18H18N4O2. The second kappa shape index (κ2) is 5.72. The van der Waals surface area contributed by atoms with Gasteiger partial charge in [0.25, 0.3) is 0 Å². The second-order valence-corrected chi connectivity index (χ2v) is 6.14. The van der Waals surface area contributed by atoms with Crippen molar-refractivity contribution >= 4 is 22.8 Å². The predicted molar refractivity (Wildman–Crippen MR) is 90.6 cm³/mol. The van der Waals surface area contributed by atoms with Gasteiger partial charge in [-0.2, -0.15) is 0 Å². The average Bonchev–Trinajstić information content (AvgIpc) is 3.12.